The standard InChI is InChI=1S/C16H13N3O/c17-9-12-4-3-5-13(8-12)10-19-11-16(20)18-14-6-1-2-7-15(14)19/h1-8H,10-11H2,(H,18,20). The molecular formula is C16H13N3O. The van der Waals surface area contributed by atoms with Crippen LogP contribution in [0.2, 0.25) is 0 Å². The maximum Gasteiger partial charge on any atom is 0.243 e. The minimum Gasteiger partial charge on any atom is -0.356 e. The van der Waals surface area contributed by atoms with Crippen LogP contribution in [-0.2, 0) is 11.3 Å². The number of fused-ring (bicyclic) bond motifs is 1. The fraction of sp³-hybridized carbons (Fsp3) is 0.125. The number of para-hydroxylation sites is 2. The second-order valence-electron chi connectivity index (χ2n) is 4.73. The second kappa shape index (κ2) is 5.06. The lowest BCUT2D eigenvalue weighted by Crippen LogP contribution is -2.37. The van der Waals surface area contributed by atoms with Gasteiger partial charge in [-0.25, -0.2) is 0 Å². The molecule has 0 aromatic heterocycles. The highest BCUT2D eigenvalue weighted by molar-refractivity contribution is 6.01. The molecule has 4 nitrogen and oxygen atoms in total. The molecule has 0 saturated heterocycles. The van der Waals surface area contributed by atoms with Gasteiger partial charge in [-0.3, -0.25) is 4.79 Å². The number of carbonyl (C=O) groups is 1. The molecule has 0 unspecified atom stereocenters. The van der Waals surface area contributed by atoms with Crippen LogP contribution in [0, 0.1) is 11.3 Å². The monoisotopic (exact) mass is 263 g/mol. The van der Waals surface area contributed by atoms with Crippen molar-refractivity contribution in [3.8, 4) is 6.07 Å². The van der Waals surface area contributed by atoms with Crippen molar-refractivity contribution in [2.75, 3.05) is 16.8 Å². The zero-order valence-corrected chi connectivity index (χ0v) is 10.8. The van der Waals surface area contributed by atoms with Gasteiger partial charge in [-0.2, -0.15) is 5.26 Å². The molecule has 0 saturated carbocycles. The third-order valence-electron chi connectivity index (χ3n) is 3.28. The summed E-state index contributed by atoms with van der Waals surface area (Å²) in [5.74, 6) is -0.0138. The van der Waals surface area contributed by atoms with Crippen molar-refractivity contribution in [3.05, 3.63) is 59.7 Å². The van der Waals surface area contributed by atoms with Crippen LogP contribution < -0.4 is 10.2 Å². The van der Waals surface area contributed by atoms with Crippen molar-refractivity contribution in [1.29, 1.82) is 5.26 Å². The van der Waals surface area contributed by atoms with Crippen LogP contribution in [0.15, 0.2) is 48.5 Å². The SMILES string of the molecule is N#Cc1cccc(CN2CC(=O)Nc3ccccc32)c1. The number of nitrogens with one attached hydrogen (secondary N) is 1. The zero-order valence-electron chi connectivity index (χ0n) is 10.8. The van der Waals surface area contributed by atoms with Crippen LogP contribution in [0.5, 0.6) is 0 Å². The second-order valence-corrected chi connectivity index (χ2v) is 4.73. The predicted octanol–water partition coefficient (Wildman–Crippen LogP) is 2.52. The van der Waals surface area contributed by atoms with E-state index in [9.17, 15) is 4.79 Å². The number of hydrogen-bond donors (Lipinski definition) is 1. The Bertz CT molecular complexity index is 703. The Labute approximate surface area is 117 Å². The number of amides is 1. The highest BCUT2D eigenvalue weighted by atomic mass is 16.2. The Morgan fingerprint density at radius 3 is 2.90 bits per heavy atom. The summed E-state index contributed by atoms with van der Waals surface area (Å²) in [7, 11) is 0. The molecule has 2 aromatic carbocycles. The first-order valence-electron chi connectivity index (χ1n) is 6.39. The smallest absolute Gasteiger partial charge is 0.243 e. The van der Waals surface area contributed by atoms with Crippen molar-refractivity contribution in [1.82, 2.24) is 0 Å². The quantitative estimate of drug-likeness (QED) is 0.905. The minimum absolute atomic E-state index is 0.0138. The zero-order chi connectivity index (χ0) is 13.9. The summed E-state index contributed by atoms with van der Waals surface area (Å²) in [5.41, 5.74) is 3.50. The molecule has 4 heteroatoms. The van der Waals surface area contributed by atoms with Crippen LogP contribution >= 0.6 is 0 Å². The van der Waals surface area contributed by atoms with Gasteiger partial charge in [0.2, 0.25) is 5.91 Å². The number of nitrogens with zero attached hydrogens (tertiary/aromatic N) is 2. The van der Waals surface area contributed by atoms with Gasteiger partial charge in [0.15, 0.2) is 0 Å². The first-order valence-corrected chi connectivity index (χ1v) is 6.39. The topological polar surface area (TPSA) is 56.1 Å². The molecule has 98 valence electrons. The van der Waals surface area contributed by atoms with Gasteiger partial charge in [0.1, 0.15) is 0 Å². The van der Waals surface area contributed by atoms with Gasteiger partial charge < -0.3 is 10.2 Å². The number of anilines is 2. The first kappa shape index (κ1) is 12.2. The highest BCUT2D eigenvalue weighted by Gasteiger charge is 2.21. The van der Waals surface area contributed by atoms with Crippen molar-refractivity contribution in [3.63, 3.8) is 0 Å². The van der Waals surface area contributed by atoms with E-state index in [4.69, 9.17) is 5.26 Å². The van der Waals surface area contributed by atoms with Crippen molar-refractivity contribution in [2.24, 2.45) is 0 Å². The molecule has 1 heterocycles. The van der Waals surface area contributed by atoms with Crippen LogP contribution in [-0.4, -0.2) is 12.5 Å². The summed E-state index contributed by atoms with van der Waals surface area (Å²) in [6, 6.07) is 17.3. The molecular weight excluding hydrogens is 250 g/mol. The van der Waals surface area contributed by atoms with Gasteiger partial charge in [-0.15, -0.1) is 0 Å². The molecule has 0 bridgehead atoms. The lowest BCUT2D eigenvalue weighted by Gasteiger charge is -2.30. The molecule has 0 spiro atoms. The van der Waals surface area contributed by atoms with Crippen LogP contribution in [0.4, 0.5) is 11.4 Å². The molecule has 1 aliphatic heterocycles. The molecule has 0 radical (unpaired) electrons. The number of rotatable bonds is 2. The average Bonchev–Trinajstić information content (AvgIpc) is 2.47. The van der Waals surface area contributed by atoms with Gasteiger partial charge >= 0.3 is 0 Å². The Balaban J connectivity index is 1.91. The van der Waals surface area contributed by atoms with Crippen LogP contribution in [0.3, 0.4) is 0 Å². The molecule has 1 N–H and O–H groups in total. The summed E-state index contributed by atoms with van der Waals surface area (Å²) >= 11 is 0. The summed E-state index contributed by atoms with van der Waals surface area (Å²) in [5, 5.41) is 11.8. The lowest BCUT2D eigenvalue weighted by molar-refractivity contribution is -0.115. The maximum atomic E-state index is 11.7. The van der Waals surface area contributed by atoms with Crippen LogP contribution in [0.1, 0.15) is 11.1 Å². The van der Waals surface area contributed by atoms with Crippen molar-refractivity contribution >= 4 is 17.3 Å². The highest BCUT2D eigenvalue weighted by Crippen LogP contribution is 2.29. The number of nitriles is 1. The van der Waals surface area contributed by atoms with Crippen molar-refractivity contribution in [2.45, 2.75) is 6.54 Å². The molecule has 20 heavy (non-hydrogen) atoms. The average molecular weight is 263 g/mol. The molecule has 3 rings (SSSR count). The summed E-state index contributed by atoms with van der Waals surface area (Å²) < 4.78 is 0. The third kappa shape index (κ3) is 2.34. The Morgan fingerprint density at radius 1 is 1.20 bits per heavy atom. The summed E-state index contributed by atoms with van der Waals surface area (Å²) in [4.78, 5) is 13.8. The Morgan fingerprint density at radius 2 is 2.05 bits per heavy atom. The number of benzene rings is 2. The van der Waals surface area contributed by atoms with E-state index in [2.05, 4.69) is 11.4 Å². The van der Waals surface area contributed by atoms with Crippen molar-refractivity contribution < 1.29 is 4.79 Å². The molecule has 0 aliphatic carbocycles. The molecule has 0 fully saturated rings. The summed E-state index contributed by atoms with van der Waals surface area (Å²) in [6.45, 7) is 0.938. The van der Waals surface area contributed by atoms with E-state index in [1.807, 2.05) is 47.4 Å². The first-order chi connectivity index (χ1) is 9.76. The van der Waals surface area contributed by atoms with Gasteiger partial charge in [0, 0.05) is 6.54 Å². The molecule has 2 aromatic rings. The van der Waals surface area contributed by atoms with Gasteiger partial charge in [-0.05, 0) is 29.8 Å². The Kier molecular flexibility index (Phi) is 3.10. The molecule has 1 aliphatic rings. The van der Waals surface area contributed by atoms with E-state index in [-0.39, 0.29) is 5.91 Å². The van der Waals surface area contributed by atoms with Gasteiger partial charge in [0.05, 0.1) is 29.6 Å². The van der Waals surface area contributed by atoms with Gasteiger partial charge in [-0.1, -0.05) is 24.3 Å². The van der Waals surface area contributed by atoms with E-state index < -0.39 is 0 Å². The van der Waals surface area contributed by atoms with E-state index >= 15 is 0 Å². The van der Waals surface area contributed by atoms with E-state index in [1.54, 1.807) is 6.07 Å². The Hall–Kier alpha value is -2.80. The maximum absolute atomic E-state index is 11.7. The van der Waals surface area contributed by atoms with E-state index in [1.165, 1.54) is 0 Å². The fourth-order valence-electron chi connectivity index (χ4n) is 2.40. The van der Waals surface area contributed by atoms with Gasteiger partial charge in [0.25, 0.3) is 0 Å². The number of carbonyl (C=O) groups excluding carboxylic acids is 1. The predicted molar refractivity (Wildman–Crippen MR) is 77.3 cm³/mol. The summed E-state index contributed by atoms with van der Waals surface area (Å²) in [6.07, 6.45) is 0. The minimum atomic E-state index is -0.0138. The molecule has 0 atom stereocenters. The molecule has 1 amide bonds. The van der Waals surface area contributed by atoms with E-state index in [0.29, 0.717) is 18.7 Å². The fourth-order valence-corrected chi connectivity index (χ4v) is 2.40. The third-order valence-corrected chi connectivity index (χ3v) is 3.28. The lowest BCUT2D eigenvalue weighted by atomic mass is 10.1. The number of hydrogen-bond acceptors (Lipinski definition) is 3. The normalized spacial score (nSPS) is 13.3. The van der Waals surface area contributed by atoms with Crippen LogP contribution in [0.25, 0.3) is 0 Å². The largest absolute Gasteiger partial charge is 0.356 e. The van der Waals surface area contributed by atoms with E-state index in [0.717, 1.165) is 16.9 Å².